The smallest absolute Gasteiger partial charge is 0.245 e. The SMILES string of the molecule is CCC(C)(CC)N1CCC(=O)N2CCCCC2C1=O. The third-order valence-corrected chi connectivity index (χ3v) is 5.10. The molecule has 0 aliphatic carbocycles. The maximum absolute atomic E-state index is 12.8. The molecule has 2 rings (SSSR count). The number of amides is 2. The Morgan fingerprint density at radius 2 is 1.84 bits per heavy atom. The molecule has 19 heavy (non-hydrogen) atoms. The van der Waals surface area contributed by atoms with Crippen molar-refractivity contribution < 1.29 is 9.59 Å². The predicted molar refractivity (Wildman–Crippen MR) is 74.7 cm³/mol. The molecule has 2 aliphatic heterocycles. The average Bonchev–Trinajstić information content (AvgIpc) is 2.58. The lowest BCUT2D eigenvalue weighted by atomic mass is 9.91. The summed E-state index contributed by atoms with van der Waals surface area (Å²) in [6.45, 7) is 7.75. The Bertz CT molecular complexity index is 363. The quantitative estimate of drug-likeness (QED) is 0.785. The van der Waals surface area contributed by atoms with Crippen molar-refractivity contribution in [2.75, 3.05) is 13.1 Å². The maximum atomic E-state index is 12.8. The van der Waals surface area contributed by atoms with Crippen LogP contribution in [0, 0.1) is 0 Å². The van der Waals surface area contributed by atoms with Crippen LogP contribution >= 0.6 is 0 Å². The van der Waals surface area contributed by atoms with Crippen molar-refractivity contribution in [1.29, 1.82) is 0 Å². The number of carbonyl (C=O) groups excluding carboxylic acids is 2. The Hall–Kier alpha value is -1.06. The van der Waals surface area contributed by atoms with Crippen LogP contribution in [-0.2, 0) is 9.59 Å². The van der Waals surface area contributed by atoms with Crippen LogP contribution in [0.5, 0.6) is 0 Å². The van der Waals surface area contributed by atoms with Crippen molar-refractivity contribution in [1.82, 2.24) is 9.80 Å². The number of rotatable bonds is 3. The first-order chi connectivity index (χ1) is 9.03. The molecule has 1 atom stereocenters. The topological polar surface area (TPSA) is 40.6 Å². The van der Waals surface area contributed by atoms with Gasteiger partial charge >= 0.3 is 0 Å². The highest BCUT2D eigenvalue weighted by atomic mass is 16.2. The first-order valence-electron chi connectivity index (χ1n) is 7.64. The molecule has 0 aromatic rings. The fourth-order valence-electron chi connectivity index (χ4n) is 3.30. The minimum atomic E-state index is -0.193. The number of hydrogen-bond donors (Lipinski definition) is 0. The normalized spacial score (nSPS) is 25.3. The minimum absolute atomic E-state index is 0.106. The van der Waals surface area contributed by atoms with E-state index in [9.17, 15) is 9.59 Å². The number of hydrogen-bond acceptors (Lipinski definition) is 2. The van der Waals surface area contributed by atoms with Crippen LogP contribution in [0.2, 0.25) is 0 Å². The van der Waals surface area contributed by atoms with Gasteiger partial charge in [-0.3, -0.25) is 9.59 Å². The van der Waals surface area contributed by atoms with Crippen molar-refractivity contribution in [3.8, 4) is 0 Å². The number of nitrogens with zero attached hydrogens (tertiary/aromatic N) is 2. The Morgan fingerprint density at radius 1 is 1.16 bits per heavy atom. The fraction of sp³-hybridized carbons (Fsp3) is 0.867. The summed E-state index contributed by atoms with van der Waals surface area (Å²) in [7, 11) is 0. The molecule has 0 N–H and O–H groups in total. The predicted octanol–water partition coefficient (Wildman–Crippen LogP) is 2.18. The first kappa shape index (κ1) is 14.4. The van der Waals surface area contributed by atoms with Gasteiger partial charge in [0.1, 0.15) is 6.04 Å². The Balaban J connectivity index is 2.28. The van der Waals surface area contributed by atoms with E-state index >= 15 is 0 Å². The van der Waals surface area contributed by atoms with E-state index in [1.54, 1.807) is 0 Å². The van der Waals surface area contributed by atoms with Crippen LogP contribution < -0.4 is 0 Å². The summed E-state index contributed by atoms with van der Waals surface area (Å²) in [4.78, 5) is 28.8. The Labute approximate surface area is 116 Å². The summed E-state index contributed by atoms with van der Waals surface area (Å²) < 4.78 is 0. The van der Waals surface area contributed by atoms with E-state index in [1.807, 2.05) is 9.80 Å². The third kappa shape index (κ3) is 2.49. The van der Waals surface area contributed by atoms with Crippen LogP contribution in [-0.4, -0.2) is 46.3 Å². The third-order valence-electron chi connectivity index (χ3n) is 5.10. The molecule has 0 saturated carbocycles. The van der Waals surface area contributed by atoms with Gasteiger partial charge in [0.05, 0.1) is 0 Å². The van der Waals surface area contributed by atoms with Gasteiger partial charge in [0.15, 0.2) is 0 Å². The molecule has 2 amide bonds. The van der Waals surface area contributed by atoms with Crippen molar-refractivity contribution in [2.24, 2.45) is 0 Å². The molecule has 0 radical (unpaired) electrons. The van der Waals surface area contributed by atoms with Gasteiger partial charge in [-0.25, -0.2) is 0 Å². The summed E-state index contributed by atoms with van der Waals surface area (Å²) in [5, 5.41) is 0. The zero-order valence-electron chi connectivity index (χ0n) is 12.4. The molecule has 2 saturated heterocycles. The van der Waals surface area contributed by atoms with Gasteiger partial charge in [0.25, 0.3) is 0 Å². The van der Waals surface area contributed by atoms with Crippen molar-refractivity contribution in [3.63, 3.8) is 0 Å². The molecular formula is C15H26N2O2. The van der Waals surface area contributed by atoms with E-state index in [2.05, 4.69) is 20.8 Å². The zero-order chi connectivity index (χ0) is 14.0. The summed E-state index contributed by atoms with van der Waals surface area (Å²) in [6.07, 6.45) is 5.30. The largest absolute Gasteiger partial charge is 0.335 e. The monoisotopic (exact) mass is 266 g/mol. The second-order valence-electron chi connectivity index (χ2n) is 6.04. The molecular weight excluding hydrogens is 240 g/mol. The zero-order valence-corrected chi connectivity index (χ0v) is 12.4. The highest BCUT2D eigenvalue weighted by Gasteiger charge is 2.42. The number of carbonyl (C=O) groups is 2. The molecule has 2 heterocycles. The highest BCUT2D eigenvalue weighted by molar-refractivity contribution is 5.90. The molecule has 0 spiro atoms. The van der Waals surface area contributed by atoms with E-state index in [-0.39, 0.29) is 23.4 Å². The highest BCUT2D eigenvalue weighted by Crippen LogP contribution is 2.30. The van der Waals surface area contributed by atoms with E-state index in [1.165, 1.54) is 0 Å². The molecule has 0 bridgehead atoms. The van der Waals surface area contributed by atoms with Crippen LogP contribution in [0.15, 0.2) is 0 Å². The lowest BCUT2D eigenvalue weighted by molar-refractivity contribution is -0.146. The first-order valence-corrected chi connectivity index (χ1v) is 7.64. The second kappa shape index (κ2) is 5.51. The molecule has 0 aromatic carbocycles. The van der Waals surface area contributed by atoms with Crippen LogP contribution in [0.25, 0.3) is 0 Å². The van der Waals surface area contributed by atoms with Crippen molar-refractivity contribution in [3.05, 3.63) is 0 Å². The van der Waals surface area contributed by atoms with Gasteiger partial charge < -0.3 is 9.80 Å². The average molecular weight is 266 g/mol. The Kier molecular flexibility index (Phi) is 4.16. The van der Waals surface area contributed by atoms with Gasteiger partial charge in [-0.1, -0.05) is 13.8 Å². The van der Waals surface area contributed by atoms with E-state index in [4.69, 9.17) is 0 Å². The molecule has 2 aliphatic rings. The summed E-state index contributed by atoms with van der Waals surface area (Å²) in [6, 6.07) is -0.193. The van der Waals surface area contributed by atoms with Crippen molar-refractivity contribution in [2.45, 2.75) is 70.9 Å². The molecule has 108 valence electrons. The summed E-state index contributed by atoms with van der Waals surface area (Å²) in [5.74, 6) is 0.340. The van der Waals surface area contributed by atoms with Crippen LogP contribution in [0.4, 0.5) is 0 Å². The Morgan fingerprint density at radius 3 is 2.47 bits per heavy atom. The van der Waals surface area contributed by atoms with Crippen LogP contribution in [0.3, 0.4) is 0 Å². The van der Waals surface area contributed by atoms with Gasteiger partial charge in [0, 0.05) is 25.0 Å². The molecule has 4 heteroatoms. The maximum Gasteiger partial charge on any atom is 0.245 e. The number of piperidine rings is 1. The van der Waals surface area contributed by atoms with Gasteiger partial charge in [-0.2, -0.15) is 0 Å². The lowest BCUT2D eigenvalue weighted by Crippen LogP contribution is -2.55. The standard InChI is InChI=1S/C15H26N2O2/c1-4-15(3,5-2)17-11-9-13(18)16-10-7-6-8-12(16)14(17)19/h12H,4-11H2,1-3H3. The summed E-state index contributed by atoms with van der Waals surface area (Å²) in [5.41, 5.74) is -0.106. The van der Waals surface area contributed by atoms with Crippen LogP contribution in [0.1, 0.15) is 59.3 Å². The fourth-order valence-corrected chi connectivity index (χ4v) is 3.30. The summed E-state index contributed by atoms with van der Waals surface area (Å²) >= 11 is 0. The molecule has 4 nitrogen and oxygen atoms in total. The molecule has 2 fully saturated rings. The second-order valence-corrected chi connectivity index (χ2v) is 6.04. The minimum Gasteiger partial charge on any atom is -0.335 e. The molecule has 0 aromatic heterocycles. The van der Waals surface area contributed by atoms with Gasteiger partial charge in [0.2, 0.25) is 11.8 Å². The van der Waals surface area contributed by atoms with Gasteiger partial charge in [-0.05, 0) is 39.0 Å². The lowest BCUT2D eigenvalue weighted by Gasteiger charge is -2.42. The van der Waals surface area contributed by atoms with E-state index < -0.39 is 0 Å². The van der Waals surface area contributed by atoms with Gasteiger partial charge in [-0.15, -0.1) is 0 Å². The van der Waals surface area contributed by atoms with E-state index in [0.717, 1.165) is 38.6 Å². The van der Waals surface area contributed by atoms with E-state index in [0.29, 0.717) is 13.0 Å². The molecule has 1 unspecified atom stereocenters. The van der Waals surface area contributed by atoms with Crippen molar-refractivity contribution >= 4 is 11.8 Å². The number of fused-ring (bicyclic) bond motifs is 1.